The molecule has 0 aliphatic heterocycles. The van der Waals surface area contributed by atoms with Crippen molar-refractivity contribution in [1.82, 2.24) is 0 Å². The lowest BCUT2D eigenvalue weighted by molar-refractivity contribution is 0.100. The lowest BCUT2D eigenvalue weighted by Crippen LogP contribution is -1.95. The summed E-state index contributed by atoms with van der Waals surface area (Å²) in [5.74, 6) is 0.106. The molecule has 1 aliphatic rings. The number of benzene rings is 4. The Morgan fingerprint density at radius 1 is 0.490 bits per heavy atom. The molecule has 0 bridgehead atoms. The maximum absolute atomic E-state index is 11.2. The minimum atomic E-state index is 0.0531. The molecule has 0 spiro atoms. The van der Waals surface area contributed by atoms with E-state index in [1.807, 2.05) is 105 Å². The number of carbonyl (C=O) groups is 2. The van der Waals surface area contributed by atoms with E-state index < -0.39 is 0 Å². The molecule has 4 aromatic rings. The number of rotatable bonds is 5. The Hall–Kier alpha value is -4.18. The molecule has 2 N–H and O–H groups in total. The van der Waals surface area contributed by atoms with E-state index in [0.717, 1.165) is 11.4 Å². The van der Waals surface area contributed by atoms with Crippen LogP contribution in [0.3, 0.4) is 0 Å². The predicted molar refractivity (Wildman–Crippen MR) is 223 cm³/mol. The maximum atomic E-state index is 11.2. The van der Waals surface area contributed by atoms with E-state index >= 15 is 0 Å². The van der Waals surface area contributed by atoms with Crippen LogP contribution >= 0.6 is 0 Å². The second-order valence-corrected chi connectivity index (χ2v) is 9.93. The molecule has 4 heteroatoms. The van der Waals surface area contributed by atoms with Crippen molar-refractivity contribution in [1.29, 1.82) is 0 Å². The second kappa shape index (κ2) is 38.3. The van der Waals surface area contributed by atoms with Crippen molar-refractivity contribution < 1.29 is 9.59 Å². The summed E-state index contributed by atoms with van der Waals surface area (Å²) in [7, 11) is 1.92. The van der Waals surface area contributed by atoms with Crippen molar-refractivity contribution >= 4 is 28.6 Å². The van der Waals surface area contributed by atoms with E-state index in [2.05, 4.69) is 74.7 Å². The third kappa shape index (κ3) is 32.2. The summed E-state index contributed by atoms with van der Waals surface area (Å²) in [6.07, 6.45) is 5.75. The van der Waals surface area contributed by atoms with E-state index in [4.69, 9.17) is 0 Å². The Morgan fingerprint density at radius 3 is 1.00 bits per heavy atom. The fourth-order valence-electron chi connectivity index (χ4n) is 3.00. The predicted octanol–water partition coefficient (Wildman–Crippen LogP) is 14.6. The van der Waals surface area contributed by atoms with Gasteiger partial charge in [0, 0.05) is 35.2 Å². The average Bonchev–Trinajstić information content (AvgIpc) is 4.04. The van der Waals surface area contributed by atoms with E-state index in [-0.39, 0.29) is 11.6 Å². The van der Waals surface area contributed by atoms with E-state index in [0.29, 0.717) is 11.1 Å². The zero-order chi connectivity index (χ0) is 38.5. The normalized spacial score (nSPS) is 9.12. The molecule has 49 heavy (non-hydrogen) atoms. The molecular weight excluding hydrogens is 601 g/mol. The molecule has 1 fully saturated rings. The Kier molecular flexibility index (Phi) is 40.3. The average molecular weight is 673 g/mol. The number of aryl methyl sites for hydroxylation is 2. The topological polar surface area (TPSA) is 58.2 Å². The molecule has 274 valence electrons. The summed E-state index contributed by atoms with van der Waals surface area (Å²) in [6.45, 7) is 27.5. The third-order valence-electron chi connectivity index (χ3n) is 5.51. The van der Waals surface area contributed by atoms with Gasteiger partial charge in [0.05, 0.1) is 0 Å². The van der Waals surface area contributed by atoms with Crippen LogP contribution in [0, 0.1) is 13.8 Å². The lowest BCUT2D eigenvalue weighted by atomic mass is 10.1. The van der Waals surface area contributed by atoms with Crippen LogP contribution in [-0.4, -0.2) is 18.6 Å². The Labute approximate surface area is 303 Å². The summed E-state index contributed by atoms with van der Waals surface area (Å²) < 4.78 is 0. The van der Waals surface area contributed by atoms with Gasteiger partial charge in [-0.3, -0.25) is 9.59 Å². The first-order valence-corrected chi connectivity index (χ1v) is 18.4. The first kappa shape index (κ1) is 51.7. The highest BCUT2D eigenvalue weighted by Gasteiger charge is 2.01. The van der Waals surface area contributed by atoms with Crippen molar-refractivity contribution in [2.75, 3.05) is 17.7 Å². The second-order valence-electron chi connectivity index (χ2n) is 9.93. The van der Waals surface area contributed by atoms with E-state index in [9.17, 15) is 9.59 Å². The van der Waals surface area contributed by atoms with Gasteiger partial charge in [-0.05, 0) is 88.4 Å². The van der Waals surface area contributed by atoms with Gasteiger partial charge >= 0.3 is 0 Å². The van der Waals surface area contributed by atoms with Gasteiger partial charge in [0.25, 0.3) is 0 Å². The molecule has 0 atom stereocenters. The maximum Gasteiger partial charge on any atom is 0.159 e. The van der Waals surface area contributed by atoms with Gasteiger partial charge in [0.2, 0.25) is 0 Å². The largest absolute Gasteiger partial charge is 0.388 e. The number of anilines is 3. The fourth-order valence-corrected chi connectivity index (χ4v) is 3.00. The van der Waals surface area contributed by atoms with Gasteiger partial charge < -0.3 is 10.6 Å². The number of nitrogens with one attached hydrogen (secondary N) is 2. The molecule has 0 amide bonds. The lowest BCUT2D eigenvalue weighted by Gasteiger charge is -2.07. The minimum absolute atomic E-state index is 0.0531. The summed E-state index contributed by atoms with van der Waals surface area (Å²) >= 11 is 0. The molecule has 1 aliphatic carbocycles. The van der Waals surface area contributed by atoms with Crippen molar-refractivity contribution in [2.45, 2.75) is 123 Å². The van der Waals surface area contributed by atoms with Crippen molar-refractivity contribution in [3.63, 3.8) is 0 Å². The first-order valence-electron chi connectivity index (χ1n) is 18.4. The molecule has 0 radical (unpaired) electrons. The number of carbonyl (C=O) groups excluding carboxylic acids is 2. The van der Waals surface area contributed by atoms with Crippen LogP contribution in [0.5, 0.6) is 0 Å². The molecule has 4 nitrogen and oxygen atoms in total. The third-order valence-corrected chi connectivity index (χ3v) is 5.51. The SMILES string of the molecule is C1CC1.CC.CC.CC.CC.CC(=O)c1ccc(Nc2ccc(C(C)=O)cc2)cc1.CCC.CNc1ccc(C)cc1.Cc1ccccc1. The smallest absolute Gasteiger partial charge is 0.159 e. The quantitative estimate of drug-likeness (QED) is 0.207. The van der Waals surface area contributed by atoms with Crippen LogP contribution in [0.25, 0.3) is 0 Å². The van der Waals surface area contributed by atoms with Crippen LogP contribution in [0.1, 0.15) is 141 Å². The minimum Gasteiger partial charge on any atom is -0.388 e. The zero-order valence-electron chi connectivity index (χ0n) is 34.0. The number of hydrogen-bond acceptors (Lipinski definition) is 4. The molecule has 0 unspecified atom stereocenters. The molecule has 0 heterocycles. The van der Waals surface area contributed by atoms with Crippen LogP contribution in [-0.2, 0) is 0 Å². The molecular formula is C45H72N2O2. The molecule has 1 saturated carbocycles. The monoisotopic (exact) mass is 673 g/mol. The molecule has 5 rings (SSSR count). The van der Waals surface area contributed by atoms with Gasteiger partial charge in [0.15, 0.2) is 11.6 Å². The highest BCUT2D eigenvalue weighted by atomic mass is 16.1. The van der Waals surface area contributed by atoms with Gasteiger partial charge in [-0.25, -0.2) is 0 Å². The molecule has 4 aromatic carbocycles. The molecule has 0 saturated heterocycles. The summed E-state index contributed by atoms with van der Waals surface area (Å²) in [4.78, 5) is 22.3. The standard InChI is InChI=1S/C16H15NO2.C8H11N.C7H8.C3H6.C3H8.4C2H6/c1-11(18)13-3-7-15(8-4-13)17-16-9-5-14(6-10-16)12(2)19;1-7-3-5-8(9-2)6-4-7;1-7-5-3-2-4-6-7;1-2-3-1;1-3-2;4*1-2/h3-10,17H,1-2H3;3-6,9H,1-2H3;2-6H,1H3;1-3H2;3H2,1-2H3;4*1-2H3. The first-order chi connectivity index (χ1) is 23.7. The van der Waals surface area contributed by atoms with Crippen LogP contribution < -0.4 is 10.6 Å². The number of Topliss-reactive ketones (excluding diaryl/α,β-unsaturated/α-hetero) is 2. The number of hydrogen-bond donors (Lipinski definition) is 2. The van der Waals surface area contributed by atoms with Crippen LogP contribution in [0.2, 0.25) is 0 Å². The van der Waals surface area contributed by atoms with Crippen molar-refractivity contribution in [2.24, 2.45) is 0 Å². The van der Waals surface area contributed by atoms with Crippen LogP contribution in [0.15, 0.2) is 103 Å². The van der Waals surface area contributed by atoms with E-state index in [1.165, 1.54) is 42.5 Å². The summed E-state index contributed by atoms with van der Waals surface area (Å²) in [6, 6.07) is 33.1. The van der Waals surface area contributed by atoms with Crippen molar-refractivity contribution in [3.05, 3.63) is 125 Å². The van der Waals surface area contributed by atoms with E-state index in [1.54, 1.807) is 38.1 Å². The van der Waals surface area contributed by atoms with Gasteiger partial charge in [-0.2, -0.15) is 0 Å². The zero-order valence-corrected chi connectivity index (χ0v) is 34.0. The highest BCUT2D eigenvalue weighted by Crippen LogP contribution is 2.18. The van der Waals surface area contributed by atoms with Crippen molar-refractivity contribution in [3.8, 4) is 0 Å². The fraction of sp³-hybridized carbons (Fsp3) is 0.422. The van der Waals surface area contributed by atoms with Gasteiger partial charge in [0.1, 0.15) is 0 Å². The summed E-state index contributed by atoms with van der Waals surface area (Å²) in [5, 5.41) is 6.27. The Bertz CT molecular complexity index is 1190. The van der Waals surface area contributed by atoms with Gasteiger partial charge in [-0.1, -0.05) is 149 Å². The molecule has 0 aromatic heterocycles. The van der Waals surface area contributed by atoms with Crippen LogP contribution in [0.4, 0.5) is 17.1 Å². The van der Waals surface area contributed by atoms with Gasteiger partial charge in [-0.15, -0.1) is 0 Å². The highest BCUT2D eigenvalue weighted by molar-refractivity contribution is 5.95. The Balaban J connectivity index is -0.000000282. The summed E-state index contributed by atoms with van der Waals surface area (Å²) in [5.41, 5.74) is 6.98. The Morgan fingerprint density at radius 2 is 0.776 bits per heavy atom. The number of ketones is 2.